The molecule has 1 aromatic heterocycles. The van der Waals surface area contributed by atoms with Gasteiger partial charge in [-0.15, -0.1) is 11.3 Å². The van der Waals surface area contributed by atoms with Crippen molar-refractivity contribution >= 4 is 11.3 Å². The molecule has 3 nitrogen and oxygen atoms in total. The van der Waals surface area contributed by atoms with Crippen molar-refractivity contribution in [3.8, 4) is 0 Å². The Morgan fingerprint density at radius 3 is 2.95 bits per heavy atom. The summed E-state index contributed by atoms with van der Waals surface area (Å²) in [7, 11) is 0. The zero-order valence-corrected chi connectivity index (χ0v) is 13.8. The van der Waals surface area contributed by atoms with Gasteiger partial charge in [-0.3, -0.25) is 0 Å². The second-order valence-electron chi connectivity index (χ2n) is 6.95. The molecule has 0 spiro atoms. The highest BCUT2D eigenvalue weighted by Gasteiger charge is 2.44. The number of thiazole rings is 1. The van der Waals surface area contributed by atoms with E-state index in [1.165, 1.54) is 49.2 Å². The van der Waals surface area contributed by atoms with Crippen LogP contribution in [0.25, 0.3) is 0 Å². The number of aryl methyl sites for hydroxylation is 2. The smallest absolute Gasteiger partial charge is 0.113 e. The van der Waals surface area contributed by atoms with E-state index in [4.69, 9.17) is 9.72 Å². The fourth-order valence-electron chi connectivity index (χ4n) is 3.77. The van der Waals surface area contributed by atoms with Gasteiger partial charge in [-0.25, -0.2) is 4.98 Å². The van der Waals surface area contributed by atoms with Crippen molar-refractivity contribution in [1.82, 2.24) is 10.3 Å². The first kappa shape index (κ1) is 14.2. The van der Waals surface area contributed by atoms with E-state index in [1.807, 2.05) is 11.3 Å². The molecule has 1 saturated heterocycles. The average Bonchev–Trinajstić information content (AvgIpc) is 3.21. The van der Waals surface area contributed by atoms with Crippen LogP contribution in [0.15, 0.2) is 0 Å². The maximum absolute atomic E-state index is 5.94. The largest absolute Gasteiger partial charge is 0.378 e. The molecule has 4 rings (SSSR count). The molecule has 2 aliphatic carbocycles. The molecule has 1 aromatic rings. The minimum atomic E-state index is 0.0993. The van der Waals surface area contributed by atoms with Crippen LogP contribution >= 0.6 is 11.3 Å². The lowest BCUT2D eigenvalue weighted by Gasteiger charge is -2.40. The van der Waals surface area contributed by atoms with Gasteiger partial charge in [0.05, 0.1) is 17.3 Å². The first-order chi connectivity index (χ1) is 10.3. The number of fused-ring (bicyclic) bond motifs is 1. The van der Waals surface area contributed by atoms with Crippen molar-refractivity contribution in [3.05, 3.63) is 15.6 Å². The van der Waals surface area contributed by atoms with Gasteiger partial charge in [0.2, 0.25) is 0 Å². The first-order valence-electron chi connectivity index (χ1n) is 8.67. The molecule has 3 aliphatic rings. The molecule has 0 amide bonds. The monoisotopic (exact) mass is 306 g/mol. The number of aromatic nitrogens is 1. The van der Waals surface area contributed by atoms with Crippen LogP contribution in [0.4, 0.5) is 0 Å². The van der Waals surface area contributed by atoms with E-state index in [1.54, 1.807) is 4.88 Å². The standard InChI is InChI=1S/C17H26N2OS/c1-2-13-11-17(9-10-20-13,19-12-7-8-12)16-18-14-5-3-4-6-15(14)21-16/h12-13,19H,2-11H2,1H3. The summed E-state index contributed by atoms with van der Waals surface area (Å²) < 4.78 is 5.94. The summed E-state index contributed by atoms with van der Waals surface area (Å²) in [5.74, 6) is 0. The van der Waals surface area contributed by atoms with E-state index in [0.717, 1.165) is 31.9 Å². The van der Waals surface area contributed by atoms with Crippen molar-refractivity contribution in [3.63, 3.8) is 0 Å². The van der Waals surface area contributed by atoms with Crippen LogP contribution in [0.1, 0.15) is 67.4 Å². The van der Waals surface area contributed by atoms with Crippen molar-refractivity contribution < 1.29 is 4.74 Å². The normalized spacial score (nSPS) is 32.9. The number of ether oxygens (including phenoxy) is 1. The number of nitrogens with zero attached hydrogens (tertiary/aromatic N) is 1. The average molecular weight is 306 g/mol. The summed E-state index contributed by atoms with van der Waals surface area (Å²) in [6, 6.07) is 0.724. The molecule has 21 heavy (non-hydrogen) atoms. The van der Waals surface area contributed by atoms with Crippen LogP contribution in [-0.2, 0) is 23.1 Å². The lowest BCUT2D eigenvalue weighted by atomic mass is 9.86. The maximum atomic E-state index is 5.94. The van der Waals surface area contributed by atoms with E-state index >= 15 is 0 Å². The molecular formula is C17H26N2OS. The molecule has 116 valence electrons. The van der Waals surface area contributed by atoms with Gasteiger partial charge in [0, 0.05) is 17.5 Å². The van der Waals surface area contributed by atoms with Gasteiger partial charge in [0.1, 0.15) is 5.01 Å². The topological polar surface area (TPSA) is 34.2 Å². The maximum Gasteiger partial charge on any atom is 0.113 e. The van der Waals surface area contributed by atoms with E-state index in [9.17, 15) is 0 Å². The Balaban J connectivity index is 1.66. The van der Waals surface area contributed by atoms with Gasteiger partial charge in [0.25, 0.3) is 0 Å². The molecule has 0 radical (unpaired) electrons. The molecule has 0 aromatic carbocycles. The predicted molar refractivity (Wildman–Crippen MR) is 85.9 cm³/mol. The quantitative estimate of drug-likeness (QED) is 0.923. The molecular weight excluding hydrogens is 280 g/mol. The third kappa shape index (κ3) is 2.78. The van der Waals surface area contributed by atoms with Crippen LogP contribution in [0.5, 0.6) is 0 Å². The van der Waals surface area contributed by atoms with Crippen LogP contribution in [0.3, 0.4) is 0 Å². The summed E-state index contributed by atoms with van der Waals surface area (Å²) in [6.07, 6.45) is 11.5. The zero-order valence-electron chi connectivity index (χ0n) is 13.0. The molecule has 2 heterocycles. The summed E-state index contributed by atoms with van der Waals surface area (Å²) in [4.78, 5) is 6.66. The highest BCUT2D eigenvalue weighted by atomic mass is 32.1. The van der Waals surface area contributed by atoms with Gasteiger partial charge < -0.3 is 10.1 Å². The van der Waals surface area contributed by atoms with E-state index in [-0.39, 0.29) is 5.54 Å². The van der Waals surface area contributed by atoms with Gasteiger partial charge >= 0.3 is 0 Å². The molecule has 2 atom stereocenters. The molecule has 1 saturated carbocycles. The van der Waals surface area contributed by atoms with Crippen molar-refractivity contribution in [2.45, 2.75) is 82.4 Å². The first-order valence-corrected chi connectivity index (χ1v) is 9.49. The molecule has 2 fully saturated rings. The second-order valence-corrected chi connectivity index (χ2v) is 8.04. The van der Waals surface area contributed by atoms with Crippen molar-refractivity contribution in [1.29, 1.82) is 0 Å². The Hall–Kier alpha value is -0.450. The SMILES string of the molecule is CCC1CC(NC2CC2)(c2nc3c(s2)CCCC3)CCO1. The molecule has 2 unspecified atom stereocenters. The van der Waals surface area contributed by atoms with Crippen LogP contribution in [0.2, 0.25) is 0 Å². The highest BCUT2D eigenvalue weighted by molar-refractivity contribution is 7.11. The minimum absolute atomic E-state index is 0.0993. The van der Waals surface area contributed by atoms with E-state index in [2.05, 4.69) is 12.2 Å². The third-order valence-corrected chi connectivity index (χ3v) is 6.59. The highest BCUT2D eigenvalue weighted by Crippen LogP contribution is 2.42. The van der Waals surface area contributed by atoms with Gasteiger partial charge in [-0.2, -0.15) is 0 Å². The Bertz CT molecular complexity index is 487. The Morgan fingerprint density at radius 2 is 2.19 bits per heavy atom. The Labute approximate surface area is 131 Å². The number of hydrogen-bond donors (Lipinski definition) is 1. The lowest BCUT2D eigenvalue weighted by Crippen LogP contribution is -2.50. The fourth-order valence-corrected chi connectivity index (χ4v) is 5.11. The summed E-state index contributed by atoms with van der Waals surface area (Å²) in [5, 5.41) is 5.33. The van der Waals surface area contributed by atoms with Gasteiger partial charge in [-0.1, -0.05) is 6.92 Å². The van der Waals surface area contributed by atoms with Gasteiger partial charge in [0.15, 0.2) is 0 Å². The number of rotatable bonds is 4. The number of hydrogen-bond acceptors (Lipinski definition) is 4. The Kier molecular flexibility index (Phi) is 3.80. The van der Waals surface area contributed by atoms with Crippen LogP contribution in [-0.4, -0.2) is 23.7 Å². The zero-order chi connectivity index (χ0) is 14.3. The van der Waals surface area contributed by atoms with E-state index < -0.39 is 0 Å². The number of nitrogens with one attached hydrogen (secondary N) is 1. The molecule has 1 aliphatic heterocycles. The molecule has 0 bridgehead atoms. The fraction of sp³-hybridized carbons (Fsp3) is 0.824. The van der Waals surface area contributed by atoms with Crippen LogP contribution in [0, 0.1) is 0 Å². The third-order valence-electron chi connectivity index (χ3n) is 5.23. The van der Waals surface area contributed by atoms with Gasteiger partial charge in [-0.05, 0) is 57.8 Å². The van der Waals surface area contributed by atoms with Crippen LogP contribution < -0.4 is 5.32 Å². The lowest BCUT2D eigenvalue weighted by molar-refractivity contribution is -0.0330. The summed E-state index contributed by atoms with van der Waals surface area (Å²) in [6.45, 7) is 3.12. The minimum Gasteiger partial charge on any atom is -0.378 e. The second kappa shape index (κ2) is 5.64. The van der Waals surface area contributed by atoms with Crippen molar-refractivity contribution in [2.24, 2.45) is 0 Å². The van der Waals surface area contributed by atoms with Crippen molar-refractivity contribution in [2.75, 3.05) is 6.61 Å². The summed E-state index contributed by atoms with van der Waals surface area (Å²) in [5.41, 5.74) is 1.50. The Morgan fingerprint density at radius 1 is 1.33 bits per heavy atom. The molecule has 4 heteroatoms. The van der Waals surface area contributed by atoms with E-state index in [0.29, 0.717) is 6.10 Å². The predicted octanol–water partition coefficient (Wildman–Crippen LogP) is 3.56. The molecule has 1 N–H and O–H groups in total. The summed E-state index contributed by atoms with van der Waals surface area (Å²) >= 11 is 1.99.